The van der Waals surface area contributed by atoms with Crippen molar-refractivity contribution in [1.82, 2.24) is 4.98 Å². The summed E-state index contributed by atoms with van der Waals surface area (Å²) in [6.07, 6.45) is 1.72. The molecule has 0 bridgehead atoms. The van der Waals surface area contributed by atoms with Gasteiger partial charge in [-0.2, -0.15) is 0 Å². The summed E-state index contributed by atoms with van der Waals surface area (Å²) in [5, 5.41) is 0.858. The van der Waals surface area contributed by atoms with E-state index >= 15 is 0 Å². The quantitative estimate of drug-likeness (QED) is 0.215. The maximum Gasteiger partial charge on any atom is 0.162 e. The topological polar surface area (TPSA) is 49.8 Å². The third-order valence-electron chi connectivity index (χ3n) is 4.87. The lowest BCUT2D eigenvalue weighted by Gasteiger charge is -2.12. The molecule has 0 spiro atoms. The maximum atomic E-state index is 6.14. The molecule has 6 heteroatoms. The minimum absolute atomic E-state index is 0.636. The van der Waals surface area contributed by atoms with E-state index in [4.69, 9.17) is 18.9 Å². The molecule has 1 heterocycles. The van der Waals surface area contributed by atoms with E-state index in [9.17, 15) is 0 Å². The number of methoxy groups -OCH3 is 2. The van der Waals surface area contributed by atoms with Crippen molar-refractivity contribution in [1.29, 1.82) is 0 Å². The summed E-state index contributed by atoms with van der Waals surface area (Å²) in [6, 6.07) is 21.7. The first-order valence-electron chi connectivity index (χ1n) is 10.3. The van der Waals surface area contributed by atoms with Gasteiger partial charge in [0.15, 0.2) is 11.5 Å². The number of hydrogen-bond donors (Lipinski definition) is 0. The smallest absolute Gasteiger partial charge is 0.162 e. The van der Waals surface area contributed by atoms with Crippen LogP contribution in [0.25, 0.3) is 10.9 Å². The lowest BCUT2D eigenvalue weighted by molar-refractivity contribution is 0.344. The van der Waals surface area contributed by atoms with Gasteiger partial charge in [0.05, 0.1) is 26.3 Å². The normalized spacial score (nSPS) is 10.7. The zero-order valence-corrected chi connectivity index (χ0v) is 19.1. The van der Waals surface area contributed by atoms with Crippen LogP contribution in [0, 0.1) is 6.92 Å². The first kappa shape index (κ1) is 21.8. The van der Waals surface area contributed by atoms with E-state index in [-0.39, 0.29) is 0 Å². The fraction of sp³-hybridized carbons (Fsp3) is 0.192. The molecule has 0 saturated carbocycles. The van der Waals surface area contributed by atoms with Crippen LogP contribution in [-0.2, 0) is 0 Å². The second-order valence-corrected chi connectivity index (χ2v) is 8.29. The Morgan fingerprint density at radius 2 is 1.59 bits per heavy atom. The number of fused-ring (bicyclic) bond motifs is 1. The number of benzene rings is 3. The zero-order valence-electron chi connectivity index (χ0n) is 18.3. The number of aromatic nitrogens is 1. The predicted octanol–water partition coefficient (Wildman–Crippen LogP) is 6.52. The largest absolute Gasteiger partial charge is 0.493 e. The Bertz CT molecular complexity index is 1190. The molecule has 0 amide bonds. The Labute approximate surface area is 192 Å². The number of aryl methyl sites for hydroxylation is 1. The van der Waals surface area contributed by atoms with Gasteiger partial charge >= 0.3 is 0 Å². The van der Waals surface area contributed by atoms with Gasteiger partial charge in [-0.05, 0) is 61.0 Å². The molecule has 0 unspecified atom stereocenters. The second kappa shape index (κ2) is 10.3. The number of hydrogen-bond acceptors (Lipinski definition) is 6. The molecule has 1 aromatic heterocycles. The molecule has 164 valence electrons. The zero-order chi connectivity index (χ0) is 22.3. The van der Waals surface area contributed by atoms with E-state index in [0.717, 1.165) is 33.1 Å². The molecule has 3 aromatic carbocycles. The monoisotopic (exact) mass is 447 g/mol. The highest BCUT2D eigenvalue weighted by atomic mass is 32.2. The number of ether oxygens (including phenoxy) is 4. The van der Waals surface area contributed by atoms with E-state index in [0.29, 0.717) is 23.9 Å². The summed E-state index contributed by atoms with van der Waals surface area (Å²) < 4.78 is 22.8. The lowest BCUT2D eigenvalue weighted by Crippen LogP contribution is -2.00. The van der Waals surface area contributed by atoms with Crippen molar-refractivity contribution in [2.24, 2.45) is 0 Å². The molecule has 0 fully saturated rings. The molecule has 0 saturated heterocycles. The van der Waals surface area contributed by atoms with Gasteiger partial charge in [0.25, 0.3) is 0 Å². The highest BCUT2D eigenvalue weighted by Gasteiger charge is 2.11. The standard InChI is InChI=1S/C26H25NO4S/c1-18-5-4-6-20(15-18)30-13-14-32-21-9-7-19(8-10-21)31-24-11-12-27-23-17-26(29-3)25(28-2)16-22(23)24/h4-12,15-17H,13-14H2,1-3H3. The van der Waals surface area contributed by atoms with Crippen LogP contribution >= 0.6 is 11.8 Å². The van der Waals surface area contributed by atoms with E-state index in [1.54, 1.807) is 32.2 Å². The van der Waals surface area contributed by atoms with Crippen LogP contribution in [0.5, 0.6) is 28.7 Å². The molecular formula is C26H25NO4S. The highest BCUT2D eigenvalue weighted by Crippen LogP contribution is 2.37. The molecule has 0 N–H and O–H groups in total. The van der Waals surface area contributed by atoms with E-state index < -0.39 is 0 Å². The summed E-state index contributed by atoms with van der Waals surface area (Å²) in [4.78, 5) is 5.58. The van der Waals surface area contributed by atoms with Crippen molar-refractivity contribution in [3.05, 3.63) is 78.5 Å². The van der Waals surface area contributed by atoms with Gasteiger partial charge in [-0.25, -0.2) is 0 Å². The first-order valence-corrected chi connectivity index (χ1v) is 11.3. The molecule has 4 rings (SSSR count). The Morgan fingerprint density at radius 3 is 2.34 bits per heavy atom. The van der Waals surface area contributed by atoms with E-state index in [1.165, 1.54) is 5.56 Å². The van der Waals surface area contributed by atoms with Crippen molar-refractivity contribution >= 4 is 22.7 Å². The van der Waals surface area contributed by atoms with Crippen molar-refractivity contribution in [3.63, 3.8) is 0 Å². The average Bonchev–Trinajstić information content (AvgIpc) is 2.82. The summed E-state index contributed by atoms with van der Waals surface area (Å²) in [5.74, 6) is 4.52. The van der Waals surface area contributed by atoms with Crippen molar-refractivity contribution in [2.45, 2.75) is 11.8 Å². The van der Waals surface area contributed by atoms with Crippen LogP contribution in [0.15, 0.2) is 77.8 Å². The third kappa shape index (κ3) is 5.26. The van der Waals surface area contributed by atoms with Crippen LogP contribution < -0.4 is 18.9 Å². The molecule has 0 radical (unpaired) electrons. The van der Waals surface area contributed by atoms with Gasteiger partial charge in [0, 0.05) is 28.3 Å². The van der Waals surface area contributed by atoms with Gasteiger partial charge in [0.1, 0.15) is 17.2 Å². The van der Waals surface area contributed by atoms with Crippen LogP contribution in [0.1, 0.15) is 5.56 Å². The molecular weight excluding hydrogens is 422 g/mol. The minimum Gasteiger partial charge on any atom is -0.493 e. The Hall–Kier alpha value is -3.38. The summed E-state index contributed by atoms with van der Waals surface area (Å²) in [7, 11) is 3.22. The van der Waals surface area contributed by atoms with E-state index in [2.05, 4.69) is 30.1 Å². The summed E-state index contributed by atoms with van der Waals surface area (Å²) >= 11 is 1.75. The van der Waals surface area contributed by atoms with Gasteiger partial charge in [0.2, 0.25) is 0 Å². The Kier molecular flexibility index (Phi) is 7.02. The van der Waals surface area contributed by atoms with Crippen molar-refractivity contribution in [2.75, 3.05) is 26.6 Å². The van der Waals surface area contributed by atoms with E-state index in [1.807, 2.05) is 48.5 Å². The SMILES string of the molecule is COc1cc2nccc(Oc3ccc(SCCOc4cccc(C)c4)cc3)c2cc1OC. The van der Waals surface area contributed by atoms with Crippen LogP contribution in [-0.4, -0.2) is 31.6 Å². The molecule has 0 atom stereocenters. The van der Waals surface area contributed by atoms with Crippen LogP contribution in [0.3, 0.4) is 0 Å². The highest BCUT2D eigenvalue weighted by molar-refractivity contribution is 7.99. The van der Waals surface area contributed by atoms with Crippen molar-refractivity contribution in [3.8, 4) is 28.7 Å². The maximum absolute atomic E-state index is 6.14. The molecule has 32 heavy (non-hydrogen) atoms. The molecule has 4 aromatic rings. The Morgan fingerprint density at radius 1 is 0.812 bits per heavy atom. The minimum atomic E-state index is 0.636. The third-order valence-corrected chi connectivity index (χ3v) is 5.85. The fourth-order valence-electron chi connectivity index (χ4n) is 3.29. The van der Waals surface area contributed by atoms with Gasteiger partial charge < -0.3 is 18.9 Å². The van der Waals surface area contributed by atoms with Gasteiger partial charge in [-0.1, -0.05) is 12.1 Å². The number of thioether (sulfide) groups is 1. The van der Waals surface area contributed by atoms with Crippen molar-refractivity contribution < 1.29 is 18.9 Å². The second-order valence-electron chi connectivity index (χ2n) is 7.12. The lowest BCUT2D eigenvalue weighted by atomic mass is 10.2. The summed E-state index contributed by atoms with van der Waals surface area (Å²) in [5.41, 5.74) is 1.98. The average molecular weight is 448 g/mol. The van der Waals surface area contributed by atoms with Crippen LogP contribution in [0.2, 0.25) is 0 Å². The van der Waals surface area contributed by atoms with Crippen LogP contribution in [0.4, 0.5) is 0 Å². The first-order chi connectivity index (χ1) is 15.7. The summed E-state index contributed by atoms with van der Waals surface area (Å²) in [6.45, 7) is 2.72. The van der Waals surface area contributed by atoms with Gasteiger partial charge in [-0.3, -0.25) is 4.98 Å². The number of pyridine rings is 1. The number of nitrogens with zero attached hydrogens (tertiary/aromatic N) is 1. The molecule has 0 aliphatic heterocycles. The molecule has 0 aliphatic carbocycles. The molecule has 0 aliphatic rings. The molecule has 5 nitrogen and oxygen atoms in total. The van der Waals surface area contributed by atoms with Gasteiger partial charge in [-0.15, -0.1) is 11.8 Å². The predicted molar refractivity (Wildman–Crippen MR) is 129 cm³/mol. The fourth-order valence-corrected chi connectivity index (χ4v) is 4.02. The number of rotatable bonds is 9. The Balaban J connectivity index is 1.38.